The van der Waals surface area contributed by atoms with Crippen LogP contribution in [0.1, 0.15) is 16.1 Å². The van der Waals surface area contributed by atoms with Crippen LogP contribution in [0.25, 0.3) is 11.3 Å². The highest BCUT2D eigenvalue weighted by molar-refractivity contribution is 6.32. The number of nitrogens with zero attached hydrogens (tertiary/aromatic N) is 1. The monoisotopic (exact) mass is 471 g/mol. The van der Waals surface area contributed by atoms with Gasteiger partial charge in [0.2, 0.25) is 0 Å². The average molecular weight is 472 g/mol. The summed E-state index contributed by atoms with van der Waals surface area (Å²) in [5.41, 5.74) is 3.42. The summed E-state index contributed by atoms with van der Waals surface area (Å²) >= 11 is 6.14. The highest BCUT2D eigenvalue weighted by Gasteiger charge is 2.12. The van der Waals surface area contributed by atoms with Crippen molar-refractivity contribution < 1.29 is 28.2 Å². The van der Waals surface area contributed by atoms with Gasteiger partial charge in [0.15, 0.2) is 11.5 Å². The molecule has 1 heterocycles. The van der Waals surface area contributed by atoms with E-state index in [4.69, 9.17) is 30.2 Å². The molecule has 0 saturated heterocycles. The summed E-state index contributed by atoms with van der Waals surface area (Å²) in [4.78, 5) is 24.2. The smallest absolute Gasteiger partial charge is 0.259 e. The molecule has 0 spiro atoms. The maximum atomic E-state index is 12.3. The number of methoxy groups -OCH3 is 3. The van der Waals surface area contributed by atoms with Crippen molar-refractivity contribution in [2.24, 2.45) is 5.10 Å². The van der Waals surface area contributed by atoms with Crippen molar-refractivity contribution in [1.82, 2.24) is 10.7 Å². The van der Waals surface area contributed by atoms with Crippen molar-refractivity contribution in [2.45, 2.75) is 0 Å². The van der Waals surface area contributed by atoms with Crippen LogP contribution in [0, 0.1) is 0 Å². The number of carbonyl (C=O) groups is 2. The highest BCUT2D eigenvalue weighted by atomic mass is 35.5. The summed E-state index contributed by atoms with van der Waals surface area (Å²) in [7, 11) is 4.51. The zero-order valence-corrected chi connectivity index (χ0v) is 18.9. The molecule has 3 aromatic rings. The minimum Gasteiger partial charge on any atom is -0.495 e. The summed E-state index contributed by atoms with van der Waals surface area (Å²) in [6, 6.07) is 13.4. The Morgan fingerprint density at radius 3 is 2.39 bits per heavy atom. The molecular weight excluding hydrogens is 450 g/mol. The lowest BCUT2D eigenvalue weighted by Crippen LogP contribution is -2.34. The van der Waals surface area contributed by atoms with E-state index in [1.54, 1.807) is 36.4 Å². The minimum atomic E-state index is -0.506. The molecule has 0 aliphatic heterocycles. The van der Waals surface area contributed by atoms with E-state index >= 15 is 0 Å². The molecule has 33 heavy (non-hydrogen) atoms. The molecule has 172 valence electrons. The molecular formula is C23H22ClN3O6. The van der Waals surface area contributed by atoms with Crippen LogP contribution < -0.4 is 25.0 Å². The predicted molar refractivity (Wildman–Crippen MR) is 123 cm³/mol. The Bertz CT molecular complexity index is 1170. The lowest BCUT2D eigenvalue weighted by molar-refractivity contribution is -0.120. The van der Waals surface area contributed by atoms with E-state index in [1.165, 1.54) is 33.6 Å². The molecule has 0 aliphatic carbocycles. The van der Waals surface area contributed by atoms with Crippen molar-refractivity contribution in [2.75, 3.05) is 27.9 Å². The zero-order valence-electron chi connectivity index (χ0n) is 18.2. The highest BCUT2D eigenvalue weighted by Crippen LogP contribution is 2.31. The number of benzene rings is 2. The number of hydrogen-bond acceptors (Lipinski definition) is 7. The molecule has 3 rings (SSSR count). The summed E-state index contributed by atoms with van der Waals surface area (Å²) in [5, 5.41) is 6.81. The molecule has 1 aromatic heterocycles. The van der Waals surface area contributed by atoms with E-state index < -0.39 is 11.8 Å². The number of amides is 2. The first kappa shape index (κ1) is 23.7. The fraction of sp³-hybridized carbons (Fsp3) is 0.174. The molecule has 0 bridgehead atoms. The van der Waals surface area contributed by atoms with Crippen molar-refractivity contribution in [3.8, 4) is 28.6 Å². The first-order chi connectivity index (χ1) is 15.9. The number of hydrazone groups is 1. The topological polar surface area (TPSA) is 111 Å². The average Bonchev–Trinajstić information content (AvgIpc) is 3.30. The Hall–Kier alpha value is -3.98. The Kier molecular flexibility index (Phi) is 7.93. The fourth-order valence-electron chi connectivity index (χ4n) is 2.84. The Labute approximate surface area is 195 Å². The number of halogens is 1. The fourth-order valence-corrected chi connectivity index (χ4v) is 3.10. The third-order valence-corrected chi connectivity index (χ3v) is 4.79. The Morgan fingerprint density at radius 1 is 0.970 bits per heavy atom. The van der Waals surface area contributed by atoms with Crippen LogP contribution in [0.3, 0.4) is 0 Å². The number of carbonyl (C=O) groups excluding carboxylic acids is 2. The van der Waals surface area contributed by atoms with Crippen LogP contribution in [0.15, 0.2) is 58.0 Å². The van der Waals surface area contributed by atoms with E-state index in [0.717, 1.165) is 5.56 Å². The number of nitrogens with one attached hydrogen (secondary N) is 2. The molecule has 0 saturated carbocycles. The van der Waals surface area contributed by atoms with Gasteiger partial charge in [-0.15, -0.1) is 0 Å². The minimum absolute atomic E-state index is 0.266. The lowest BCUT2D eigenvalue weighted by Gasteiger charge is -2.09. The maximum absolute atomic E-state index is 12.3. The van der Waals surface area contributed by atoms with Crippen LogP contribution in [-0.2, 0) is 4.79 Å². The largest absolute Gasteiger partial charge is 0.495 e. The number of furan rings is 1. The van der Waals surface area contributed by atoms with Crippen molar-refractivity contribution in [3.05, 3.63) is 64.9 Å². The van der Waals surface area contributed by atoms with Gasteiger partial charge in [0, 0.05) is 11.1 Å². The molecule has 2 amide bonds. The van der Waals surface area contributed by atoms with Crippen molar-refractivity contribution in [3.63, 3.8) is 0 Å². The molecule has 2 aromatic carbocycles. The van der Waals surface area contributed by atoms with Gasteiger partial charge in [-0.05, 0) is 48.5 Å². The van der Waals surface area contributed by atoms with E-state index in [0.29, 0.717) is 39.4 Å². The van der Waals surface area contributed by atoms with Crippen molar-refractivity contribution >= 4 is 29.6 Å². The van der Waals surface area contributed by atoms with Crippen LogP contribution in [0.5, 0.6) is 17.2 Å². The summed E-state index contributed by atoms with van der Waals surface area (Å²) in [6.45, 7) is -0.266. The van der Waals surface area contributed by atoms with Gasteiger partial charge in [-0.25, -0.2) is 5.43 Å². The van der Waals surface area contributed by atoms with Crippen LogP contribution in [-0.4, -0.2) is 45.9 Å². The van der Waals surface area contributed by atoms with E-state index in [-0.39, 0.29) is 6.54 Å². The number of rotatable bonds is 9. The van der Waals surface area contributed by atoms with Gasteiger partial charge >= 0.3 is 0 Å². The second-order valence-electron chi connectivity index (χ2n) is 6.60. The predicted octanol–water partition coefficient (Wildman–Crippen LogP) is 3.51. The molecule has 0 atom stereocenters. The Morgan fingerprint density at radius 2 is 1.70 bits per heavy atom. The third-order valence-electron chi connectivity index (χ3n) is 4.50. The second kappa shape index (κ2) is 11.1. The number of hydrogen-bond donors (Lipinski definition) is 2. The summed E-state index contributed by atoms with van der Waals surface area (Å²) in [6.07, 6.45) is 1.35. The first-order valence-corrected chi connectivity index (χ1v) is 10.1. The van der Waals surface area contributed by atoms with Gasteiger partial charge < -0.3 is 23.9 Å². The van der Waals surface area contributed by atoms with Crippen LogP contribution in [0.4, 0.5) is 0 Å². The second-order valence-corrected chi connectivity index (χ2v) is 7.00. The van der Waals surface area contributed by atoms with Gasteiger partial charge in [-0.2, -0.15) is 5.10 Å². The molecule has 0 fully saturated rings. The van der Waals surface area contributed by atoms with Gasteiger partial charge in [0.05, 0.1) is 39.1 Å². The summed E-state index contributed by atoms with van der Waals surface area (Å²) < 4.78 is 21.1. The SMILES string of the molecule is COc1ccc(-c2ccc(C=NNC(=O)CNC(=O)c3ccc(OC)c(OC)c3)o2)cc1Cl. The van der Waals surface area contributed by atoms with Gasteiger partial charge in [-0.3, -0.25) is 9.59 Å². The standard InChI is InChI=1S/C23H22ClN3O6/c1-30-19-7-4-14(10-17(19)24)18-9-6-16(33-18)12-26-27-22(28)13-25-23(29)15-5-8-20(31-2)21(11-15)32-3/h4-12H,13H2,1-3H3,(H,25,29)(H,27,28). The summed E-state index contributed by atoms with van der Waals surface area (Å²) in [5.74, 6) is 1.53. The normalized spacial score (nSPS) is 10.7. The molecule has 2 N–H and O–H groups in total. The van der Waals surface area contributed by atoms with E-state index in [9.17, 15) is 9.59 Å². The van der Waals surface area contributed by atoms with Gasteiger partial charge in [0.1, 0.15) is 17.3 Å². The molecule has 0 aliphatic rings. The van der Waals surface area contributed by atoms with E-state index in [2.05, 4.69) is 15.8 Å². The van der Waals surface area contributed by atoms with Gasteiger partial charge in [0.25, 0.3) is 11.8 Å². The maximum Gasteiger partial charge on any atom is 0.259 e. The van der Waals surface area contributed by atoms with Crippen LogP contribution >= 0.6 is 11.6 Å². The molecule has 0 unspecified atom stereocenters. The van der Waals surface area contributed by atoms with E-state index in [1.807, 2.05) is 6.07 Å². The van der Waals surface area contributed by atoms with Crippen LogP contribution in [0.2, 0.25) is 5.02 Å². The zero-order chi connectivity index (χ0) is 23.8. The molecule has 10 heteroatoms. The molecule has 9 nitrogen and oxygen atoms in total. The van der Waals surface area contributed by atoms with Gasteiger partial charge in [-0.1, -0.05) is 11.6 Å². The first-order valence-electron chi connectivity index (χ1n) is 9.71. The quantitative estimate of drug-likeness (QED) is 0.365. The van der Waals surface area contributed by atoms with Crippen molar-refractivity contribution in [1.29, 1.82) is 0 Å². The lowest BCUT2D eigenvalue weighted by atomic mass is 10.2. The number of ether oxygens (including phenoxy) is 3. The Balaban J connectivity index is 1.51. The molecule has 0 radical (unpaired) electrons. The third kappa shape index (κ3) is 6.05.